The third-order valence-corrected chi connectivity index (χ3v) is 4.81. The summed E-state index contributed by atoms with van der Waals surface area (Å²) < 4.78 is 5.94. The smallest absolute Gasteiger partial charge is 0.333 e. The second kappa shape index (κ2) is 6.58. The van der Waals surface area contributed by atoms with Gasteiger partial charge >= 0.3 is 5.97 Å². The van der Waals surface area contributed by atoms with Gasteiger partial charge in [0.1, 0.15) is 5.60 Å². The zero-order chi connectivity index (χ0) is 13.7. The quantitative estimate of drug-likeness (QED) is 0.530. The maximum Gasteiger partial charge on any atom is 0.333 e. The van der Waals surface area contributed by atoms with Crippen molar-refractivity contribution in [3.8, 4) is 0 Å². The van der Waals surface area contributed by atoms with Crippen LogP contribution in [-0.4, -0.2) is 11.6 Å². The first kappa shape index (κ1) is 14.6. The Kier molecular flexibility index (Phi) is 5.06. The molecule has 2 aliphatic rings. The Morgan fingerprint density at radius 3 is 2.16 bits per heavy atom. The predicted molar refractivity (Wildman–Crippen MR) is 77.9 cm³/mol. The van der Waals surface area contributed by atoms with E-state index < -0.39 is 0 Å². The lowest BCUT2D eigenvalue weighted by atomic mass is 9.74. The molecule has 0 heterocycles. The first-order valence-corrected chi connectivity index (χ1v) is 8.00. The maximum atomic E-state index is 12.0. The van der Waals surface area contributed by atoms with E-state index in [1.54, 1.807) is 6.92 Å². The van der Waals surface area contributed by atoms with Crippen molar-refractivity contribution in [3.05, 3.63) is 12.2 Å². The molecule has 0 aliphatic heterocycles. The van der Waals surface area contributed by atoms with Crippen LogP contribution < -0.4 is 0 Å². The average Bonchev–Trinajstić information content (AvgIpc) is 2.30. The second-order valence-electron chi connectivity index (χ2n) is 6.62. The Balaban J connectivity index is 2.13. The van der Waals surface area contributed by atoms with Gasteiger partial charge in [0.15, 0.2) is 0 Å². The monoisotopic (exact) mass is 264 g/mol. The molecule has 0 aromatic rings. The summed E-state index contributed by atoms with van der Waals surface area (Å²) in [5.41, 5.74) is 0.358. The molecule has 0 atom stereocenters. The van der Waals surface area contributed by atoms with Crippen LogP contribution in [0.2, 0.25) is 0 Å². The Hall–Kier alpha value is -0.790. The first-order valence-electron chi connectivity index (χ1n) is 8.00. The Morgan fingerprint density at radius 1 is 1.05 bits per heavy atom. The van der Waals surface area contributed by atoms with Crippen LogP contribution in [0.3, 0.4) is 0 Å². The summed E-state index contributed by atoms with van der Waals surface area (Å²) in [7, 11) is 0. The second-order valence-corrected chi connectivity index (χ2v) is 6.62. The van der Waals surface area contributed by atoms with E-state index in [1.165, 1.54) is 51.4 Å². The predicted octanol–water partition coefficient (Wildman–Crippen LogP) is 4.78. The van der Waals surface area contributed by atoms with Crippen LogP contribution in [0.15, 0.2) is 12.2 Å². The van der Waals surface area contributed by atoms with Crippen LogP contribution in [0.1, 0.15) is 77.6 Å². The van der Waals surface area contributed by atoms with Gasteiger partial charge in [0.05, 0.1) is 0 Å². The number of esters is 1. The van der Waals surface area contributed by atoms with Gasteiger partial charge in [-0.1, -0.05) is 45.1 Å². The molecule has 108 valence electrons. The Labute approximate surface area is 117 Å². The molecule has 0 spiro atoms. The van der Waals surface area contributed by atoms with Gasteiger partial charge in [0, 0.05) is 5.57 Å². The van der Waals surface area contributed by atoms with Crippen molar-refractivity contribution in [3.63, 3.8) is 0 Å². The maximum absolute atomic E-state index is 12.0. The Morgan fingerprint density at radius 2 is 1.63 bits per heavy atom. The lowest BCUT2D eigenvalue weighted by molar-refractivity contribution is -0.160. The van der Waals surface area contributed by atoms with Gasteiger partial charge in [-0.3, -0.25) is 0 Å². The molecule has 2 bridgehead atoms. The van der Waals surface area contributed by atoms with E-state index in [0.717, 1.165) is 25.2 Å². The van der Waals surface area contributed by atoms with E-state index in [4.69, 9.17) is 4.74 Å². The number of ether oxygens (including phenoxy) is 1. The van der Waals surface area contributed by atoms with Gasteiger partial charge in [-0.05, 0) is 44.9 Å². The number of carbonyl (C=O) groups is 1. The standard InChI is InChI=1S/C17H28O2/c1-14(2)16(18)19-17-11-7-3-5-9-15(13-17)10-6-4-8-12-17/h15H,1,3-13H2,2H3. The number of hydrogen-bond acceptors (Lipinski definition) is 2. The van der Waals surface area contributed by atoms with Gasteiger partial charge in [0.2, 0.25) is 0 Å². The number of carbonyl (C=O) groups excluding carboxylic acids is 1. The fourth-order valence-corrected chi connectivity index (χ4v) is 3.75. The van der Waals surface area contributed by atoms with Gasteiger partial charge < -0.3 is 4.74 Å². The minimum atomic E-state index is -0.181. The highest BCUT2D eigenvalue weighted by molar-refractivity contribution is 5.87. The largest absolute Gasteiger partial charge is 0.456 e. The molecule has 0 radical (unpaired) electrons. The minimum absolute atomic E-state index is 0.179. The van der Waals surface area contributed by atoms with Crippen LogP contribution in [-0.2, 0) is 9.53 Å². The molecule has 0 unspecified atom stereocenters. The highest BCUT2D eigenvalue weighted by Gasteiger charge is 2.37. The summed E-state index contributed by atoms with van der Waals surface area (Å²) in [4.78, 5) is 12.0. The van der Waals surface area contributed by atoms with Crippen LogP contribution in [0.5, 0.6) is 0 Å². The molecule has 2 aliphatic carbocycles. The molecule has 0 N–H and O–H groups in total. The van der Waals surface area contributed by atoms with E-state index in [2.05, 4.69) is 6.58 Å². The SMILES string of the molecule is C=C(C)C(=O)OC12CCCCCC(CCCCC1)C2. The summed E-state index contributed by atoms with van der Waals surface area (Å²) in [5, 5.41) is 0. The Bertz CT molecular complexity index is 318. The number of hydrogen-bond donors (Lipinski definition) is 0. The lowest BCUT2D eigenvalue weighted by Crippen LogP contribution is -2.39. The van der Waals surface area contributed by atoms with E-state index in [9.17, 15) is 4.79 Å². The van der Waals surface area contributed by atoms with Gasteiger partial charge in [0.25, 0.3) is 0 Å². The molecule has 2 nitrogen and oxygen atoms in total. The molecule has 0 saturated heterocycles. The van der Waals surface area contributed by atoms with Crippen molar-refractivity contribution >= 4 is 5.97 Å². The molecule has 0 aromatic heterocycles. The third-order valence-electron chi connectivity index (χ3n) is 4.81. The summed E-state index contributed by atoms with van der Waals surface area (Å²) in [5.74, 6) is 0.582. The fraction of sp³-hybridized carbons (Fsp3) is 0.824. The molecular formula is C17H28O2. The molecule has 2 fully saturated rings. The summed E-state index contributed by atoms with van der Waals surface area (Å²) in [6, 6.07) is 0. The van der Waals surface area contributed by atoms with Crippen molar-refractivity contribution in [2.45, 2.75) is 83.2 Å². The van der Waals surface area contributed by atoms with Gasteiger partial charge in [-0.15, -0.1) is 0 Å². The molecule has 2 heteroatoms. The van der Waals surface area contributed by atoms with Crippen LogP contribution in [0.4, 0.5) is 0 Å². The molecule has 19 heavy (non-hydrogen) atoms. The average molecular weight is 264 g/mol. The van der Waals surface area contributed by atoms with Crippen molar-refractivity contribution in [2.75, 3.05) is 0 Å². The van der Waals surface area contributed by atoms with Crippen molar-refractivity contribution in [2.24, 2.45) is 5.92 Å². The van der Waals surface area contributed by atoms with E-state index in [-0.39, 0.29) is 11.6 Å². The molecule has 0 aromatic carbocycles. The minimum Gasteiger partial charge on any atom is -0.456 e. The fourth-order valence-electron chi connectivity index (χ4n) is 3.75. The van der Waals surface area contributed by atoms with Crippen LogP contribution >= 0.6 is 0 Å². The number of rotatable bonds is 2. The van der Waals surface area contributed by atoms with Gasteiger partial charge in [-0.25, -0.2) is 4.79 Å². The molecule has 0 amide bonds. The summed E-state index contributed by atoms with van der Waals surface area (Å²) >= 11 is 0. The van der Waals surface area contributed by atoms with E-state index in [1.807, 2.05) is 0 Å². The topological polar surface area (TPSA) is 26.3 Å². The van der Waals surface area contributed by atoms with Crippen LogP contribution in [0, 0.1) is 5.92 Å². The zero-order valence-corrected chi connectivity index (χ0v) is 12.4. The summed E-state index contributed by atoms with van der Waals surface area (Å²) in [6.45, 7) is 5.48. The van der Waals surface area contributed by atoms with E-state index in [0.29, 0.717) is 5.57 Å². The van der Waals surface area contributed by atoms with Crippen molar-refractivity contribution in [1.82, 2.24) is 0 Å². The highest BCUT2D eigenvalue weighted by Crippen LogP contribution is 2.40. The van der Waals surface area contributed by atoms with E-state index >= 15 is 0 Å². The third kappa shape index (κ3) is 4.09. The van der Waals surface area contributed by atoms with Crippen molar-refractivity contribution < 1.29 is 9.53 Å². The van der Waals surface area contributed by atoms with Gasteiger partial charge in [-0.2, -0.15) is 0 Å². The van der Waals surface area contributed by atoms with Crippen LogP contribution in [0.25, 0.3) is 0 Å². The normalized spacial score (nSPS) is 32.4. The zero-order valence-electron chi connectivity index (χ0n) is 12.4. The molecular weight excluding hydrogens is 236 g/mol. The van der Waals surface area contributed by atoms with Crippen molar-refractivity contribution in [1.29, 1.82) is 0 Å². The highest BCUT2D eigenvalue weighted by atomic mass is 16.6. The lowest BCUT2D eigenvalue weighted by Gasteiger charge is -2.40. The first-order chi connectivity index (χ1) is 9.11. The number of fused-ring (bicyclic) bond motifs is 2. The summed E-state index contributed by atoms with van der Waals surface area (Å²) in [6.07, 6.45) is 13.6. The molecule has 2 saturated carbocycles. The molecule has 2 rings (SSSR count).